The van der Waals surface area contributed by atoms with Crippen molar-refractivity contribution in [3.8, 4) is 11.5 Å². The number of hydrogen-bond acceptors (Lipinski definition) is 9. The van der Waals surface area contributed by atoms with Crippen LogP contribution in [0.15, 0.2) is 12.3 Å². The smallest absolute Gasteiger partial charge is 0.343 e. The van der Waals surface area contributed by atoms with Crippen LogP contribution in [0, 0.1) is 0 Å². The number of aromatic carboxylic acids is 1. The van der Waals surface area contributed by atoms with Gasteiger partial charge in [-0.05, 0) is 11.6 Å². The number of rotatable bonds is 7. The van der Waals surface area contributed by atoms with Crippen LogP contribution < -0.4 is 9.47 Å². The van der Waals surface area contributed by atoms with E-state index in [2.05, 4.69) is 0 Å². The average Bonchev–Trinajstić information content (AvgIpc) is 2.78. The molecule has 0 saturated carbocycles. The monoisotopic (exact) mass is 373 g/mol. The van der Waals surface area contributed by atoms with Crippen molar-refractivity contribution in [2.45, 2.75) is 24.8 Å². The number of nitrogens with zero attached hydrogens (tertiary/aromatic N) is 1. The third-order valence-electron chi connectivity index (χ3n) is 3.65. The molecule has 2 aromatic rings. The maximum atomic E-state index is 11.5. The van der Waals surface area contributed by atoms with E-state index in [1.165, 1.54) is 30.9 Å². The molecule has 11 heteroatoms. The second-order valence-corrected chi connectivity index (χ2v) is 5.68. The Bertz CT molecular complexity index is 828. The van der Waals surface area contributed by atoms with E-state index in [1.807, 2.05) is 0 Å². The molecule has 0 radical (unpaired) electrons. The number of aliphatic hydroxyl groups is 6. The summed E-state index contributed by atoms with van der Waals surface area (Å²) in [6, 6.07) is 1.25. The average molecular weight is 373 g/mol. The highest BCUT2D eigenvalue weighted by molar-refractivity contribution is 5.97. The van der Waals surface area contributed by atoms with Gasteiger partial charge in [0.05, 0.1) is 38.8 Å². The molecule has 0 atom stereocenters. The van der Waals surface area contributed by atoms with Crippen molar-refractivity contribution in [3.63, 3.8) is 0 Å². The van der Waals surface area contributed by atoms with Crippen LogP contribution in [0.3, 0.4) is 0 Å². The van der Waals surface area contributed by atoms with Gasteiger partial charge in [-0.2, -0.15) is 0 Å². The molecular formula is C15H19NO10. The molecule has 0 aromatic carbocycles. The Balaban J connectivity index is 2.87. The minimum Gasteiger partial charge on any atom is -0.494 e. The van der Waals surface area contributed by atoms with Crippen molar-refractivity contribution in [1.82, 2.24) is 4.40 Å². The molecule has 11 nitrogen and oxygen atoms in total. The molecule has 0 unspecified atom stereocenters. The number of methoxy groups -OCH3 is 2. The lowest BCUT2D eigenvalue weighted by Gasteiger charge is -2.19. The SMILES string of the molecule is COc1cn2c(CC(O)(O)O)c(CC(O)(O)O)cc2c(OC)c1C(=O)O. The van der Waals surface area contributed by atoms with Gasteiger partial charge in [-0.3, -0.25) is 0 Å². The Morgan fingerprint density at radius 3 is 2.04 bits per heavy atom. The summed E-state index contributed by atoms with van der Waals surface area (Å²) in [5, 5.41) is 65.1. The summed E-state index contributed by atoms with van der Waals surface area (Å²) in [5.74, 6) is -7.92. The molecule has 2 rings (SSSR count). The van der Waals surface area contributed by atoms with Crippen LogP contribution in [0.4, 0.5) is 0 Å². The van der Waals surface area contributed by atoms with Gasteiger partial charge in [-0.1, -0.05) is 0 Å². The fourth-order valence-corrected chi connectivity index (χ4v) is 2.76. The Kier molecular flexibility index (Phi) is 5.14. The van der Waals surface area contributed by atoms with Gasteiger partial charge in [-0.15, -0.1) is 0 Å². The molecule has 0 aliphatic rings. The summed E-state index contributed by atoms with van der Waals surface area (Å²) in [6.45, 7) is 0. The first-order chi connectivity index (χ1) is 11.9. The summed E-state index contributed by atoms with van der Waals surface area (Å²) in [4.78, 5) is 11.5. The number of hydrogen-bond donors (Lipinski definition) is 7. The van der Waals surface area contributed by atoms with Crippen LogP contribution in [0.2, 0.25) is 0 Å². The lowest BCUT2D eigenvalue weighted by Crippen LogP contribution is -2.33. The van der Waals surface area contributed by atoms with Crippen molar-refractivity contribution < 1.29 is 50.0 Å². The second-order valence-electron chi connectivity index (χ2n) is 5.68. The zero-order chi connectivity index (χ0) is 19.9. The van der Waals surface area contributed by atoms with Gasteiger partial charge in [0.2, 0.25) is 0 Å². The Hall–Kier alpha value is -2.41. The first kappa shape index (κ1) is 19.9. The highest BCUT2D eigenvalue weighted by atomic mass is 16.7. The number of carboxylic acid groups (broad SMARTS) is 1. The van der Waals surface area contributed by atoms with Gasteiger partial charge >= 0.3 is 5.97 Å². The molecule has 26 heavy (non-hydrogen) atoms. The fraction of sp³-hybridized carbons (Fsp3) is 0.400. The lowest BCUT2D eigenvalue weighted by molar-refractivity contribution is -0.314. The van der Waals surface area contributed by atoms with Gasteiger partial charge in [0, 0.05) is 5.69 Å². The van der Waals surface area contributed by atoms with Crippen LogP contribution >= 0.6 is 0 Å². The fourth-order valence-electron chi connectivity index (χ4n) is 2.76. The van der Waals surface area contributed by atoms with Crippen LogP contribution in [0.1, 0.15) is 21.6 Å². The van der Waals surface area contributed by atoms with Crippen molar-refractivity contribution in [1.29, 1.82) is 0 Å². The first-order valence-corrected chi connectivity index (χ1v) is 7.23. The van der Waals surface area contributed by atoms with E-state index in [9.17, 15) is 40.5 Å². The van der Waals surface area contributed by atoms with Crippen molar-refractivity contribution in [3.05, 3.63) is 29.1 Å². The van der Waals surface area contributed by atoms with Gasteiger partial charge < -0.3 is 49.6 Å². The van der Waals surface area contributed by atoms with Crippen molar-refractivity contribution in [2.24, 2.45) is 0 Å². The third kappa shape index (κ3) is 4.04. The number of carboxylic acids is 1. The van der Waals surface area contributed by atoms with Crippen LogP contribution in [-0.2, 0) is 12.8 Å². The summed E-state index contributed by atoms with van der Waals surface area (Å²) >= 11 is 0. The van der Waals surface area contributed by atoms with E-state index in [0.29, 0.717) is 0 Å². The maximum absolute atomic E-state index is 11.5. The Labute approximate surface area is 146 Å². The summed E-state index contributed by atoms with van der Waals surface area (Å²) in [7, 11) is 2.42. The number of pyridine rings is 1. The van der Waals surface area contributed by atoms with Crippen LogP contribution in [0.5, 0.6) is 11.5 Å². The zero-order valence-electron chi connectivity index (χ0n) is 13.9. The highest BCUT2D eigenvalue weighted by Gasteiger charge is 2.31. The van der Waals surface area contributed by atoms with E-state index in [4.69, 9.17) is 9.47 Å². The normalized spacial score (nSPS) is 12.5. The first-order valence-electron chi connectivity index (χ1n) is 7.23. The summed E-state index contributed by atoms with van der Waals surface area (Å²) < 4.78 is 11.4. The molecule has 0 saturated heterocycles. The molecule has 144 valence electrons. The number of fused-ring (bicyclic) bond motifs is 1. The Morgan fingerprint density at radius 2 is 1.62 bits per heavy atom. The minimum absolute atomic E-state index is 0.0121. The van der Waals surface area contributed by atoms with E-state index in [0.717, 1.165) is 0 Å². The molecule has 0 aliphatic carbocycles. The molecule has 7 N–H and O–H groups in total. The van der Waals surface area contributed by atoms with Gasteiger partial charge in [-0.25, -0.2) is 4.79 Å². The molecule has 0 fully saturated rings. The molecule has 0 bridgehead atoms. The number of aromatic nitrogens is 1. The zero-order valence-corrected chi connectivity index (χ0v) is 13.9. The largest absolute Gasteiger partial charge is 0.494 e. The van der Waals surface area contributed by atoms with Gasteiger partial charge in [0.1, 0.15) is 5.56 Å². The van der Waals surface area contributed by atoms with Crippen molar-refractivity contribution in [2.75, 3.05) is 14.2 Å². The minimum atomic E-state index is -3.15. The van der Waals surface area contributed by atoms with Crippen molar-refractivity contribution >= 4 is 11.5 Å². The molecule has 0 spiro atoms. The Morgan fingerprint density at radius 1 is 1.04 bits per heavy atom. The molecule has 0 aliphatic heterocycles. The highest BCUT2D eigenvalue weighted by Crippen LogP contribution is 2.36. The van der Waals surface area contributed by atoms with Crippen LogP contribution in [-0.4, -0.2) is 72.3 Å². The number of ether oxygens (including phenoxy) is 2. The van der Waals surface area contributed by atoms with E-state index in [-0.39, 0.29) is 33.8 Å². The van der Waals surface area contributed by atoms with E-state index < -0.39 is 30.8 Å². The molecule has 2 aromatic heterocycles. The number of carbonyl (C=O) groups is 1. The maximum Gasteiger partial charge on any atom is 0.343 e. The predicted molar refractivity (Wildman–Crippen MR) is 83.6 cm³/mol. The lowest BCUT2D eigenvalue weighted by atomic mass is 10.1. The second kappa shape index (κ2) is 6.72. The van der Waals surface area contributed by atoms with Crippen LogP contribution in [0.25, 0.3) is 5.52 Å². The van der Waals surface area contributed by atoms with E-state index in [1.54, 1.807) is 0 Å². The summed E-state index contributed by atoms with van der Waals surface area (Å²) in [6.07, 6.45) is -0.376. The summed E-state index contributed by atoms with van der Waals surface area (Å²) in [5.41, 5.74) is -0.279. The molecule has 0 amide bonds. The quantitative estimate of drug-likeness (QED) is 0.268. The topological polar surface area (TPSA) is 182 Å². The predicted octanol–water partition coefficient (Wildman–Crippen LogP) is -2.00. The van der Waals surface area contributed by atoms with Gasteiger partial charge in [0.25, 0.3) is 11.9 Å². The standard InChI is InChI=1S/C15H19NO10/c1-25-10-6-16-8(12(26-2)11(10)13(17)18)3-7(4-14(19,20)21)9(16)5-15(22,23)24/h3,6,19-24H,4-5H2,1-2H3,(H,17,18). The van der Waals surface area contributed by atoms with E-state index >= 15 is 0 Å². The van der Waals surface area contributed by atoms with Gasteiger partial charge in [0.15, 0.2) is 11.5 Å². The molecule has 2 heterocycles. The molecular weight excluding hydrogens is 354 g/mol. The third-order valence-corrected chi connectivity index (χ3v) is 3.65.